The number of nitrogens with one attached hydrogen (secondary N) is 2. The van der Waals surface area contributed by atoms with Crippen LogP contribution in [0.3, 0.4) is 0 Å². The molecule has 0 radical (unpaired) electrons. The molecular weight excluding hydrogens is 427 g/mol. The Labute approximate surface area is 159 Å². The highest BCUT2D eigenvalue weighted by atomic mass is 127. The lowest BCUT2D eigenvalue weighted by molar-refractivity contribution is 0.0347. The molecule has 23 heavy (non-hydrogen) atoms. The van der Waals surface area contributed by atoms with Crippen molar-refractivity contribution < 1.29 is 9.47 Å². The third-order valence-corrected chi connectivity index (χ3v) is 4.46. The van der Waals surface area contributed by atoms with Gasteiger partial charge in [-0.25, -0.2) is 4.98 Å². The summed E-state index contributed by atoms with van der Waals surface area (Å²) < 4.78 is 11.1. The van der Waals surface area contributed by atoms with Gasteiger partial charge in [0.25, 0.3) is 0 Å². The molecule has 0 amide bonds. The molecule has 2 rings (SSSR count). The molecule has 2 N–H and O–H groups in total. The summed E-state index contributed by atoms with van der Waals surface area (Å²) in [4.78, 5) is 8.78. The summed E-state index contributed by atoms with van der Waals surface area (Å²) in [5, 5.41) is 9.87. The van der Waals surface area contributed by atoms with Gasteiger partial charge in [0.15, 0.2) is 5.96 Å². The highest BCUT2D eigenvalue weighted by Gasteiger charge is 2.17. The molecule has 132 valence electrons. The maximum Gasteiger partial charge on any atom is 0.191 e. The predicted octanol–water partition coefficient (Wildman–Crippen LogP) is 2.18. The normalized spacial score (nSPS) is 19.3. The molecule has 1 aromatic rings. The number of thiazole rings is 1. The molecule has 2 heterocycles. The highest BCUT2D eigenvalue weighted by molar-refractivity contribution is 14.0. The van der Waals surface area contributed by atoms with E-state index in [9.17, 15) is 0 Å². The molecule has 0 saturated carbocycles. The van der Waals surface area contributed by atoms with E-state index in [2.05, 4.69) is 39.8 Å². The van der Waals surface area contributed by atoms with Crippen molar-refractivity contribution in [3.05, 3.63) is 16.1 Å². The molecule has 8 heteroatoms. The van der Waals surface area contributed by atoms with E-state index in [1.807, 2.05) is 0 Å². The zero-order valence-electron chi connectivity index (χ0n) is 14.0. The molecule has 1 aliphatic heterocycles. The summed E-state index contributed by atoms with van der Waals surface area (Å²) in [6.45, 7) is 7.05. The number of ether oxygens (including phenoxy) is 2. The van der Waals surface area contributed by atoms with E-state index in [-0.39, 0.29) is 36.1 Å². The second kappa shape index (κ2) is 11.2. The number of aryl methyl sites for hydroxylation is 1. The molecule has 1 aromatic heterocycles. The van der Waals surface area contributed by atoms with Crippen LogP contribution in [0.1, 0.15) is 31.0 Å². The molecule has 6 nitrogen and oxygen atoms in total. The second-order valence-electron chi connectivity index (χ2n) is 5.38. The highest BCUT2D eigenvalue weighted by Crippen LogP contribution is 2.10. The Hall–Kier alpha value is -0.450. The average Bonchev–Trinajstić information content (AvgIpc) is 3.20. The first kappa shape index (κ1) is 20.6. The van der Waals surface area contributed by atoms with E-state index in [0.717, 1.165) is 31.1 Å². The van der Waals surface area contributed by atoms with Crippen LogP contribution in [0.25, 0.3) is 0 Å². The van der Waals surface area contributed by atoms with E-state index in [1.54, 1.807) is 18.4 Å². The first-order chi connectivity index (χ1) is 10.7. The first-order valence-corrected chi connectivity index (χ1v) is 8.69. The molecule has 0 aliphatic carbocycles. The van der Waals surface area contributed by atoms with Gasteiger partial charge in [-0.1, -0.05) is 6.92 Å². The van der Waals surface area contributed by atoms with Gasteiger partial charge in [-0.3, -0.25) is 4.99 Å². The van der Waals surface area contributed by atoms with Crippen LogP contribution in [-0.2, 0) is 22.4 Å². The molecule has 0 aromatic carbocycles. The molecule has 0 spiro atoms. The average molecular weight is 454 g/mol. The minimum absolute atomic E-state index is 0. The zero-order chi connectivity index (χ0) is 15.8. The predicted molar refractivity (Wildman–Crippen MR) is 105 cm³/mol. The van der Waals surface area contributed by atoms with Gasteiger partial charge in [-0.2, -0.15) is 0 Å². The fourth-order valence-electron chi connectivity index (χ4n) is 2.16. The lowest BCUT2D eigenvalue weighted by atomic mass is 10.3. The molecule has 2 unspecified atom stereocenters. The Bertz CT molecular complexity index is 478. The minimum Gasteiger partial charge on any atom is -0.379 e. The number of aliphatic imine (C=N–C) groups is 1. The summed E-state index contributed by atoms with van der Waals surface area (Å²) in [6.07, 6.45) is 2.21. The fourth-order valence-corrected chi connectivity index (χ4v) is 2.91. The summed E-state index contributed by atoms with van der Waals surface area (Å²) in [5.74, 6) is 0.768. The zero-order valence-corrected chi connectivity index (χ0v) is 17.1. The van der Waals surface area contributed by atoms with E-state index >= 15 is 0 Å². The Morgan fingerprint density at radius 2 is 2.43 bits per heavy atom. The van der Waals surface area contributed by atoms with Crippen molar-refractivity contribution in [1.29, 1.82) is 0 Å². The third-order valence-electron chi connectivity index (χ3n) is 3.42. The van der Waals surface area contributed by atoms with Gasteiger partial charge in [-0.05, 0) is 19.8 Å². The van der Waals surface area contributed by atoms with Gasteiger partial charge in [0.1, 0.15) is 0 Å². The van der Waals surface area contributed by atoms with Crippen LogP contribution in [0.4, 0.5) is 0 Å². The molecule has 1 aliphatic rings. The number of hydrogen-bond acceptors (Lipinski definition) is 5. The van der Waals surface area contributed by atoms with Crippen molar-refractivity contribution in [3.63, 3.8) is 0 Å². The van der Waals surface area contributed by atoms with Gasteiger partial charge in [-0.15, -0.1) is 35.3 Å². The van der Waals surface area contributed by atoms with E-state index < -0.39 is 0 Å². The fraction of sp³-hybridized carbons (Fsp3) is 0.733. The van der Waals surface area contributed by atoms with E-state index in [1.165, 1.54) is 5.01 Å². The Morgan fingerprint density at radius 1 is 1.61 bits per heavy atom. The van der Waals surface area contributed by atoms with Crippen LogP contribution >= 0.6 is 35.3 Å². The monoisotopic (exact) mass is 454 g/mol. The van der Waals surface area contributed by atoms with Gasteiger partial charge in [0, 0.05) is 25.1 Å². The van der Waals surface area contributed by atoms with Crippen molar-refractivity contribution in [2.24, 2.45) is 4.99 Å². The summed E-state index contributed by atoms with van der Waals surface area (Å²) >= 11 is 1.70. The largest absolute Gasteiger partial charge is 0.379 e. The van der Waals surface area contributed by atoms with E-state index in [0.29, 0.717) is 19.8 Å². The summed E-state index contributed by atoms with van der Waals surface area (Å²) in [5.41, 5.74) is 1.05. The first-order valence-electron chi connectivity index (χ1n) is 7.81. The topological polar surface area (TPSA) is 67.8 Å². The van der Waals surface area contributed by atoms with Crippen LogP contribution < -0.4 is 10.6 Å². The number of rotatable bonds is 7. The van der Waals surface area contributed by atoms with Crippen LogP contribution in [0.15, 0.2) is 10.4 Å². The number of guanidine groups is 1. The lowest BCUT2D eigenvalue weighted by Crippen LogP contribution is -2.44. The Balaban J connectivity index is 0.00000264. The van der Waals surface area contributed by atoms with Gasteiger partial charge in [0.05, 0.1) is 36.6 Å². The second-order valence-corrected chi connectivity index (χ2v) is 6.32. The van der Waals surface area contributed by atoms with Crippen LogP contribution in [0, 0.1) is 0 Å². The molecule has 1 saturated heterocycles. The Morgan fingerprint density at radius 3 is 3.04 bits per heavy atom. The molecule has 0 bridgehead atoms. The van der Waals surface area contributed by atoms with Crippen molar-refractivity contribution in [2.45, 2.75) is 45.4 Å². The Kier molecular flexibility index (Phi) is 10.00. The molecule has 1 fully saturated rings. The molecule has 2 atom stereocenters. The third kappa shape index (κ3) is 7.32. The van der Waals surface area contributed by atoms with Crippen LogP contribution in [-0.4, -0.2) is 50.0 Å². The maximum atomic E-state index is 5.81. The SMILES string of the molecule is CCc1nc(CNC(=NC)NC(C)COC2CCOC2)cs1.I. The number of halogens is 1. The number of nitrogens with zero attached hydrogens (tertiary/aromatic N) is 2. The van der Waals surface area contributed by atoms with Crippen molar-refractivity contribution in [2.75, 3.05) is 26.9 Å². The van der Waals surface area contributed by atoms with Crippen molar-refractivity contribution in [1.82, 2.24) is 15.6 Å². The van der Waals surface area contributed by atoms with Crippen molar-refractivity contribution in [3.8, 4) is 0 Å². The quantitative estimate of drug-likeness (QED) is 0.376. The van der Waals surface area contributed by atoms with Crippen LogP contribution in [0.2, 0.25) is 0 Å². The lowest BCUT2D eigenvalue weighted by Gasteiger charge is -2.19. The summed E-state index contributed by atoms with van der Waals surface area (Å²) in [6, 6.07) is 0.188. The van der Waals surface area contributed by atoms with Gasteiger partial charge < -0.3 is 20.1 Å². The van der Waals surface area contributed by atoms with Gasteiger partial charge in [0.2, 0.25) is 0 Å². The minimum atomic E-state index is 0. The standard InChI is InChI=1S/C15H26N4O2S.HI/c1-4-14-19-12(10-22-14)7-17-15(16-3)18-11(2)8-21-13-5-6-20-9-13;/h10-11,13H,4-9H2,1-3H3,(H2,16,17,18);1H. The number of aromatic nitrogens is 1. The van der Waals surface area contributed by atoms with Crippen LogP contribution in [0.5, 0.6) is 0 Å². The van der Waals surface area contributed by atoms with Gasteiger partial charge >= 0.3 is 0 Å². The molecular formula is C15H27IN4O2S. The van der Waals surface area contributed by atoms with Crippen molar-refractivity contribution >= 4 is 41.3 Å². The van der Waals surface area contributed by atoms with E-state index in [4.69, 9.17) is 9.47 Å². The number of hydrogen-bond donors (Lipinski definition) is 2. The summed E-state index contributed by atoms with van der Waals surface area (Å²) in [7, 11) is 1.77. The smallest absolute Gasteiger partial charge is 0.191 e. The maximum absolute atomic E-state index is 5.81.